The Balaban J connectivity index is 0.00000200. The number of hydrogen-bond donors (Lipinski definition) is 2. The molecule has 1 aromatic rings. The van der Waals surface area contributed by atoms with Crippen LogP contribution >= 0.6 is 24.2 Å². The number of halogens is 2. The van der Waals surface area contributed by atoms with Crippen LogP contribution in [-0.4, -0.2) is 24.0 Å². The first-order valence-electron chi connectivity index (χ1n) is 6.61. The standard InChI is InChI=1S/C14H19FN2OS.ClH/c1-2-7-19-9-13(18)17-12-4-3-10-8-16-6-5-11(10)14(12)15;/h3-4,16H,2,5-9H2,1H3,(H,17,18);1H. The van der Waals surface area contributed by atoms with Gasteiger partial charge in [0.1, 0.15) is 5.82 Å². The molecular weight excluding hydrogens is 299 g/mol. The Hall–Kier alpha value is -0.780. The van der Waals surface area contributed by atoms with Gasteiger partial charge in [-0.15, -0.1) is 12.4 Å². The third-order valence-electron chi connectivity index (χ3n) is 3.06. The fourth-order valence-corrected chi connectivity index (χ4v) is 2.82. The Labute approximate surface area is 129 Å². The number of fused-ring (bicyclic) bond motifs is 1. The summed E-state index contributed by atoms with van der Waals surface area (Å²) < 4.78 is 14.3. The molecule has 0 unspecified atom stereocenters. The number of carbonyl (C=O) groups is 1. The van der Waals surface area contributed by atoms with Crippen LogP contribution in [0.1, 0.15) is 24.5 Å². The summed E-state index contributed by atoms with van der Waals surface area (Å²) in [6.45, 7) is 3.56. The van der Waals surface area contributed by atoms with Gasteiger partial charge in [0.05, 0.1) is 11.4 Å². The number of hydrogen-bond acceptors (Lipinski definition) is 3. The maximum absolute atomic E-state index is 14.3. The fraction of sp³-hybridized carbons (Fsp3) is 0.500. The van der Waals surface area contributed by atoms with E-state index >= 15 is 0 Å². The lowest BCUT2D eigenvalue weighted by Gasteiger charge is -2.19. The van der Waals surface area contributed by atoms with Crippen molar-refractivity contribution in [1.82, 2.24) is 5.32 Å². The first kappa shape index (κ1) is 17.3. The maximum atomic E-state index is 14.3. The van der Waals surface area contributed by atoms with Crippen molar-refractivity contribution in [3.63, 3.8) is 0 Å². The largest absolute Gasteiger partial charge is 0.323 e. The van der Waals surface area contributed by atoms with Crippen LogP contribution in [0, 0.1) is 5.82 Å². The number of anilines is 1. The van der Waals surface area contributed by atoms with Crippen molar-refractivity contribution in [2.24, 2.45) is 0 Å². The van der Waals surface area contributed by atoms with Crippen LogP contribution in [0.5, 0.6) is 0 Å². The topological polar surface area (TPSA) is 41.1 Å². The molecule has 0 radical (unpaired) electrons. The second-order valence-corrected chi connectivity index (χ2v) is 5.70. The minimum Gasteiger partial charge on any atom is -0.323 e. The average Bonchev–Trinajstić information content (AvgIpc) is 2.43. The van der Waals surface area contributed by atoms with E-state index in [0.717, 1.165) is 29.8 Å². The van der Waals surface area contributed by atoms with Gasteiger partial charge in [0.15, 0.2) is 0 Å². The molecule has 2 rings (SSSR count). The molecule has 1 aliphatic heterocycles. The zero-order chi connectivity index (χ0) is 13.7. The van der Waals surface area contributed by atoms with Gasteiger partial charge >= 0.3 is 0 Å². The van der Waals surface area contributed by atoms with Crippen LogP contribution in [0.3, 0.4) is 0 Å². The van der Waals surface area contributed by atoms with E-state index < -0.39 is 0 Å². The third-order valence-corrected chi connectivity index (χ3v) is 4.23. The van der Waals surface area contributed by atoms with Gasteiger partial charge in [-0.1, -0.05) is 13.0 Å². The van der Waals surface area contributed by atoms with Crippen molar-refractivity contribution >= 4 is 35.8 Å². The molecule has 0 aliphatic carbocycles. The molecule has 112 valence electrons. The molecule has 0 spiro atoms. The number of carbonyl (C=O) groups excluding carboxylic acids is 1. The van der Waals surface area contributed by atoms with Crippen molar-refractivity contribution in [2.45, 2.75) is 26.3 Å². The SMILES string of the molecule is CCCSCC(=O)Nc1ccc2c(c1F)CCNC2.Cl. The summed E-state index contributed by atoms with van der Waals surface area (Å²) in [5.41, 5.74) is 2.03. The predicted molar refractivity (Wildman–Crippen MR) is 85.3 cm³/mol. The predicted octanol–water partition coefficient (Wildman–Crippen LogP) is 2.97. The highest BCUT2D eigenvalue weighted by molar-refractivity contribution is 7.99. The fourth-order valence-electron chi connectivity index (χ4n) is 2.13. The summed E-state index contributed by atoms with van der Waals surface area (Å²) >= 11 is 1.57. The molecule has 6 heteroatoms. The van der Waals surface area contributed by atoms with Gasteiger partial charge in [0.25, 0.3) is 0 Å². The van der Waals surface area contributed by atoms with E-state index in [9.17, 15) is 9.18 Å². The normalized spacial score (nSPS) is 13.3. The van der Waals surface area contributed by atoms with Gasteiger partial charge in [0.2, 0.25) is 5.91 Å². The summed E-state index contributed by atoms with van der Waals surface area (Å²) in [4.78, 5) is 11.7. The highest BCUT2D eigenvalue weighted by Gasteiger charge is 2.17. The van der Waals surface area contributed by atoms with Crippen LogP contribution in [0.2, 0.25) is 0 Å². The first-order chi connectivity index (χ1) is 9.22. The van der Waals surface area contributed by atoms with Gasteiger partial charge in [-0.2, -0.15) is 11.8 Å². The number of thioether (sulfide) groups is 1. The van der Waals surface area contributed by atoms with Crippen molar-refractivity contribution < 1.29 is 9.18 Å². The first-order valence-corrected chi connectivity index (χ1v) is 7.76. The number of benzene rings is 1. The van der Waals surface area contributed by atoms with E-state index in [1.165, 1.54) is 0 Å². The van der Waals surface area contributed by atoms with E-state index in [1.54, 1.807) is 17.8 Å². The lowest BCUT2D eigenvalue weighted by molar-refractivity contribution is -0.113. The van der Waals surface area contributed by atoms with Gasteiger partial charge in [-0.05, 0) is 42.3 Å². The molecule has 20 heavy (non-hydrogen) atoms. The Morgan fingerprint density at radius 3 is 3.05 bits per heavy atom. The zero-order valence-corrected chi connectivity index (χ0v) is 13.1. The van der Waals surface area contributed by atoms with Crippen LogP contribution in [0.15, 0.2) is 12.1 Å². The molecule has 2 N–H and O–H groups in total. The Bertz CT molecular complexity index is 471. The van der Waals surface area contributed by atoms with Gasteiger partial charge in [0, 0.05) is 6.54 Å². The third kappa shape index (κ3) is 4.36. The minimum atomic E-state index is -0.271. The molecule has 1 aliphatic rings. The molecule has 0 aromatic heterocycles. The molecule has 0 saturated heterocycles. The molecule has 0 fully saturated rings. The molecule has 1 aromatic carbocycles. The van der Waals surface area contributed by atoms with Gasteiger partial charge in [-0.25, -0.2) is 4.39 Å². The van der Waals surface area contributed by atoms with Crippen LogP contribution in [0.4, 0.5) is 10.1 Å². The maximum Gasteiger partial charge on any atom is 0.234 e. The lowest BCUT2D eigenvalue weighted by Crippen LogP contribution is -2.25. The Morgan fingerprint density at radius 1 is 1.50 bits per heavy atom. The quantitative estimate of drug-likeness (QED) is 0.820. The zero-order valence-electron chi connectivity index (χ0n) is 11.5. The molecule has 0 saturated carbocycles. The minimum absolute atomic E-state index is 0. The van der Waals surface area contributed by atoms with Crippen molar-refractivity contribution in [1.29, 1.82) is 0 Å². The van der Waals surface area contributed by atoms with Crippen molar-refractivity contribution in [3.05, 3.63) is 29.1 Å². The van der Waals surface area contributed by atoms with Crippen LogP contribution in [-0.2, 0) is 17.8 Å². The highest BCUT2D eigenvalue weighted by atomic mass is 35.5. The number of rotatable bonds is 5. The summed E-state index contributed by atoms with van der Waals surface area (Å²) in [5.74, 6) is 0.927. The summed E-state index contributed by atoms with van der Waals surface area (Å²) in [6.07, 6.45) is 1.72. The molecule has 0 bridgehead atoms. The van der Waals surface area contributed by atoms with E-state index in [0.29, 0.717) is 24.4 Å². The van der Waals surface area contributed by atoms with E-state index in [1.807, 2.05) is 6.07 Å². The summed E-state index contributed by atoms with van der Waals surface area (Å²) in [7, 11) is 0. The second-order valence-electron chi connectivity index (χ2n) is 4.59. The van der Waals surface area contributed by atoms with Crippen molar-refractivity contribution in [3.8, 4) is 0 Å². The van der Waals surface area contributed by atoms with Gasteiger partial charge < -0.3 is 10.6 Å². The van der Waals surface area contributed by atoms with E-state index in [4.69, 9.17) is 0 Å². The lowest BCUT2D eigenvalue weighted by atomic mass is 9.99. The number of amides is 1. The number of nitrogens with one attached hydrogen (secondary N) is 2. The molecular formula is C14H20ClFN2OS. The van der Waals surface area contributed by atoms with Gasteiger partial charge in [-0.3, -0.25) is 4.79 Å². The smallest absolute Gasteiger partial charge is 0.234 e. The Morgan fingerprint density at radius 2 is 2.30 bits per heavy atom. The molecule has 1 amide bonds. The molecule has 1 heterocycles. The molecule has 0 atom stereocenters. The Kier molecular flexibility index (Phi) is 7.34. The highest BCUT2D eigenvalue weighted by Crippen LogP contribution is 2.24. The van der Waals surface area contributed by atoms with Crippen molar-refractivity contribution in [2.75, 3.05) is 23.4 Å². The monoisotopic (exact) mass is 318 g/mol. The average molecular weight is 319 g/mol. The van der Waals surface area contributed by atoms with E-state index in [2.05, 4.69) is 17.6 Å². The van der Waals surface area contributed by atoms with Crippen LogP contribution < -0.4 is 10.6 Å². The summed E-state index contributed by atoms with van der Waals surface area (Å²) in [6, 6.07) is 3.54. The van der Waals surface area contributed by atoms with Crippen LogP contribution in [0.25, 0.3) is 0 Å². The summed E-state index contributed by atoms with van der Waals surface area (Å²) in [5, 5.41) is 5.87. The van der Waals surface area contributed by atoms with E-state index in [-0.39, 0.29) is 24.1 Å². The molecule has 3 nitrogen and oxygen atoms in total. The second kappa shape index (κ2) is 8.49.